The molecule has 0 atom stereocenters. The standard InChI is InChI=1S/C12H18N4O2S2/c1-13-6-5-11-2-3-12(19-11)20(17,18)16-7-4-10-8-14-9-15-10/h2-3,8-9,13,16H,4-7H2,1H3,(H,14,15). The maximum atomic E-state index is 12.1. The van der Waals surface area contributed by atoms with E-state index in [-0.39, 0.29) is 0 Å². The zero-order valence-electron chi connectivity index (χ0n) is 11.2. The highest BCUT2D eigenvalue weighted by molar-refractivity contribution is 7.91. The van der Waals surface area contributed by atoms with Gasteiger partial charge in [0.1, 0.15) is 4.21 Å². The molecule has 6 nitrogen and oxygen atoms in total. The third-order valence-electron chi connectivity index (χ3n) is 2.76. The Balaban J connectivity index is 1.90. The molecule has 110 valence electrons. The first-order valence-corrected chi connectivity index (χ1v) is 8.62. The molecule has 0 radical (unpaired) electrons. The minimum Gasteiger partial charge on any atom is -0.348 e. The van der Waals surface area contributed by atoms with Crippen molar-refractivity contribution in [3.63, 3.8) is 0 Å². The van der Waals surface area contributed by atoms with Crippen molar-refractivity contribution in [2.24, 2.45) is 0 Å². The van der Waals surface area contributed by atoms with Crippen molar-refractivity contribution in [1.29, 1.82) is 0 Å². The zero-order valence-corrected chi connectivity index (χ0v) is 12.9. The normalized spacial score (nSPS) is 11.8. The molecular weight excluding hydrogens is 296 g/mol. The van der Waals surface area contributed by atoms with Gasteiger partial charge in [-0.15, -0.1) is 11.3 Å². The lowest BCUT2D eigenvalue weighted by Crippen LogP contribution is -2.25. The Kier molecular flexibility index (Phi) is 5.30. The van der Waals surface area contributed by atoms with Crippen LogP contribution in [-0.2, 0) is 22.9 Å². The van der Waals surface area contributed by atoms with E-state index in [0.717, 1.165) is 23.5 Å². The topological polar surface area (TPSA) is 86.9 Å². The molecule has 8 heteroatoms. The molecule has 0 saturated heterocycles. The second-order valence-electron chi connectivity index (χ2n) is 4.30. The van der Waals surface area contributed by atoms with Crippen molar-refractivity contribution < 1.29 is 8.42 Å². The summed E-state index contributed by atoms with van der Waals surface area (Å²) in [6, 6.07) is 3.53. The van der Waals surface area contributed by atoms with Crippen molar-refractivity contribution >= 4 is 21.4 Å². The van der Waals surface area contributed by atoms with Gasteiger partial charge in [-0.25, -0.2) is 18.1 Å². The van der Waals surface area contributed by atoms with Crippen LogP contribution in [-0.4, -0.2) is 38.5 Å². The van der Waals surface area contributed by atoms with Gasteiger partial charge >= 0.3 is 0 Å². The van der Waals surface area contributed by atoms with Crippen LogP contribution < -0.4 is 10.0 Å². The molecule has 2 rings (SSSR count). The Morgan fingerprint density at radius 3 is 2.85 bits per heavy atom. The van der Waals surface area contributed by atoms with Gasteiger partial charge in [0.15, 0.2) is 0 Å². The molecule has 0 amide bonds. The second kappa shape index (κ2) is 6.98. The van der Waals surface area contributed by atoms with Crippen LogP contribution in [0.25, 0.3) is 0 Å². The van der Waals surface area contributed by atoms with E-state index in [0.29, 0.717) is 17.2 Å². The number of aromatic nitrogens is 2. The van der Waals surface area contributed by atoms with Crippen LogP contribution in [0.4, 0.5) is 0 Å². The molecule has 20 heavy (non-hydrogen) atoms. The average Bonchev–Trinajstić information content (AvgIpc) is 3.07. The number of hydrogen-bond donors (Lipinski definition) is 3. The van der Waals surface area contributed by atoms with E-state index in [2.05, 4.69) is 20.0 Å². The van der Waals surface area contributed by atoms with Crippen LogP contribution in [0.5, 0.6) is 0 Å². The van der Waals surface area contributed by atoms with Crippen LogP contribution in [0.3, 0.4) is 0 Å². The Labute approximate surface area is 122 Å². The lowest BCUT2D eigenvalue weighted by molar-refractivity contribution is 0.583. The fraction of sp³-hybridized carbons (Fsp3) is 0.417. The third kappa shape index (κ3) is 4.14. The number of nitrogens with zero attached hydrogens (tertiary/aromatic N) is 1. The van der Waals surface area contributed by atoms with Crippen LogP contribution in [0.15, 0.2) is 28.9 Å². The minimum atomic E-state index is -3.40. The quantitative estimate of drug-likeness (QED) is 0.671. The molecule has 0 saturated carbocycles. The summed E-state index contributed by atoms with van der Waals surface area (Å²) in [7, 11) is -1.53. The number of aromatic amines is 1. The van der Waals surface area contributed by atoms with E-state index in [1.165, 1.54) is 11.3 Å². The van der Waals surface area contributed by atoms with Crippen molar-refractivity contribution in [2.45, 2.75) is 17.1 Å². The first-order valence-electron chi connectivity index (χ1n) is 6.32. The molecule has 0 aromatic carbocycles. The van der Waals surface area contributed by atoms with E-state index < -0.39 is 10.0 Å². The van der Waals surface area contributed by atoms with Crippen molar-refractivity contribution in [3.8, 4) is 0 Å². The van der Waals surface area contributed by atoms with Gasteiger partial charge in [-0.2, -0.15) is 0 Å². The van der Waals surface area contributed by atoms with Crippen LogP contribution in [0.1, 0.15) is 10.6 Å². The van der Waals surface area contributed by atoms with Gasteiger partial charge in [0, 0.05) is 29.7 Å². The molecule has 0 aliphatic carbocycles. The highest BCUT2D eigenvalue weighted by Crippen LogP contribution is 2.21. The minimum absolute atomic E-state index is 0.355. The first kappa shape index (κ1) is 15.2. The second-order valence-corrected chi connectivity index (χ2v) is 7.46. The summed E-state index contributed by atoms with van der Waals surface area (Å²) in [6.45, 7) is 1.20. The smallest absolute Gasteiger partial charge is 0.250 e. The highest BCUT2D eigenvalue weighted by Gasteiger charge is 2.16. The van der Waals surface area contributed by atoms with Gasteiger partial charge in [0.05, 0.1) is 6.33 Å². The monoisotopic (exact) mass is 314 g/mol. The van der Waals surface area contributed by atoms with Crippen LogP contribution >= 0.6 is 11.3 Å². The summed E-state index contributed by atoms with van der Waals surface area (Å²) in [5, 5.41) is 3.05. The van der Waals surface area contributed by atoms with Crippen molar-refractivity contribution in [3.05, 3.63) is 35.2 Å². The Morgan fingerprint density at radius 2 is 2.15 bits per heavy atom. The van der Waals surface area contributed by atoms with E-state index in [4.69, 9.17) is 0 Å². The molecule has 0 unspecified atom stereocenters. The molecule has 0 aliphatic heterocycles. The SMILES string of the molecule is CNCCc1ccc(S(=O)(=O)NCCc2cnc[nH]2)s1. The van der Waals surface area contributed by atoms with Crippen molar-refractivity contribution in [1.82, 2.24) is 20.0 Å². The molecule has 3 N–H and O–H groups in total. The predicted octanol–water partition coefficient (Wildman–Crippen LogP) is 0.754. The molecular formula is C12H18N4O2S2. The van der Waals surface area contributed by atoms with Gasteiger partial charge in [-0.3, -0.25) is 0 Å². The summed E-state index contributed by atoms with van der Waals surface area (Å²) in [6.07, 6.45) is 4.70. The lowest BCUT2D eigenvalue weighted by atomic mass is 10.3. The van der Waals surface area contributed by atoms with Gasteiger partial charge in [0.25, 0.3) is 0 Å². The predicted molar refractivity (Wildman–Crippen MR) is 79.4 cm³/mol. The zero-order chi connectivity index (χ0) is 14.4. The number of likely N-dealkylation sites (N-methyl/N-ethyl adjacent to an activating group) is 1. The van der Waals surface area contributed by atoms with Crippen LogP contribution in [0, 0.1) is 0 Å². The average molecular weight is 314 g/mol. The molecule has 0 spiro atoms. The number of imidazole rings is 1. The summed E-state index contributed by atoms with van der Waals surface area (Å²) in [4.78, 5) is 7.89. The maximum Gasteiger partial charge on any atom is 0.250 e. The Morgan fingerprint density at radius 1 is 1.30 bits per heavy atom. The molecule has 2 aromatic rings. The lowest BCUT2D eigenvalue weighted by Gasteiger charge is -2.03. The highest BCUT2D eigenvalue weighted by atomic mass is 32.2. The summed E-state index contributed by atoms with van der Waals surface area (Å²) >= 11 is 1.32. The molecule has 0 fully saturated rings. The van der Waals surface area contributed by atoms with Gasteiger partial charge < -0.3 is 10.3 Å². The van der Waals surface area contributed by atoms with Gasteiger partial charge in [-0.05, 0) is 32.1 Å². The summed E-state index contributed by atoms with van der Waals surface area (Å²) < 4.78 is 27.2. The maximum absolute atomic E-state index is 12.1. The molecule has 2 heterocycles. The van der Waals surface area contributed by atoms with Gasteiger partial charge in [-0.1, -0.05) is 0 Å². The number of H-pyrrole nitrogens is 1. The number of sulfonamides is 1. The van der Waals surface area contributed by atoms with E-state index >= 15 is 0 Å². The number of nitrogens with one attached hydrogen (secondary N) is 3. The molecule has 0 bridgehead atoms. The number of hydrogen-bond acceptors (Lipinski definition) is 5. The number of rotatable bonds is 8. The van der Waals surface area contributed by atoms with E-state index in [1.54, 1.807) is 18.6 Å². The first-order chi connectivity index (χ1) is 9.62. The third-order valence-corrected chi connectivity index (χ3v) is 5.86. The molecule has 0 aliphatic rings. The van der Waals surface area contributed by atoms with Gasteiger partial charge in [0.2, 0.25) is 10.0 Å². The fourth-order valence-corrected chi connectivity index (χ4v) is 4.13. The largest absolute Gasteiger partial charge is 0.348 e. The molecule has 2 aromatic heterocycles. The number of thiophene rings is 1. The summed E-state index contributed by atoms with van der Waals surface area (Å²) in [5.41, 5.74) is 0.911. The summed E-state index contributed by atoms with van der Waals surface area (Å²) in [5.74, 6) is 0. The van der Waals surface area contributed by atoms with Crippen LogP contribution in [0.2, 0.25) is 0 Å². The van der Waals surface area contributed by atoms with Crippen molar-refractivity contribution in [2.75, 3.05) is 20.1 Å². The Hall–Kier alpha value is -1.22. The van der Waals surface area contributed by atoms with E-state index in [1.807, 2.05) is 13.1 Å². The Bertz CT molecular complexity index is 620. The van der Waals surface area contributed by atoms with E-state index in [9.17, 15) is 8.42 Å². The fourth-order valence-electron chi connectivity index (χ4n) is 1.70.